The van der Waals surface area contributed by atoms with E-state index in [2.05, 4.69) is 36.8 Å². The number of rotatable bonds is 6. The van der Waals surface area contributed by atoms with E-state index in [0.29, 0.717) is 35.4 Å². The molecule has 2 unspecified atom stereocenters. The van der Waals surface area contributed by atoms with Crippen molar-refractivity contribution in [2.24, 2.45) is 0 Å². The molecule has 3 aromatic heterocycles. The summed E-state index contributed by atoms with van der Waals surface area (Å²) in [6, 6.07) is 12.7. The number of nitrogens with zero attached hydrogens (tertiary/aromatic N) is 3. The lowest BCUT2D eigenvalue weighted by atomic mass is 9.86. The van der Waals surface area contributed by atoms with Crippen LogP contribution in [0.4, 0.5) is 11.5 Å². The molecule has 2 bridgehead atoms. The predicted molar refractivity (Wildman–Crippen MR) is 129 cm³/mol. The molecule has 2 saturated heterocycles. The van der Waals surface area contributed by atoms with Gasteiger partial charge in [-0.2, -0.15) is 0 Å². The van der Waals surface area contributed by atoms with E-state index in [4.69, 9.17) is 16.3 Å². The van der Waals surface area contributed by atoms with Gasteiger partial charge in [0, 0.05) is 30.2 Å². The number of hydrogen-bond donors (Lipinski definition) is 3. The molecular formula is C25H25ClN6O. The standard InChI is InChI=1S/C25H25ClN6O/c26-21-11-18(6-7-22(21)33-13-19-3-1-2-8-27-19)32-25-23-20(12-28-24(23)29-14-30-25)15-9-16-4-5-17(10-15)31-16/h1-3,6-8,11-12,14-17,31H,4-5,9-10,13H2,(H2,28,29,30,32). The second-order valence-electron chi connectivity index (χ2n) is 8.88. The van der Waals surface area contributed by atoms with Crippen LogP contribution in [0.2, 0.25) is 5.02 Å². The van der Waals surface area contributed by atoms with Gasteiger partial charge in [-0.25, -0.2) is 9.97 Å². The van der Waals surface area contributed by atoms with Crippen molar-refractivity contribution in [2.75, 3.05) is 5.32 Å². The number of ether oxygens (including phenoxy) is 1. The first-order valence-corrected chi connectivity index (χ1v) is 11.8. The second-order valence-corrected chi connectivity index (χ2v) is 9.28. The van der Waals surface area contributed by atoms with E-state index in [-0.39, 0.29) is 0 Å². The third-order valence-corrected chi connectivity index (χ3v) is 7.00. The van der Waals surface area contributed by atoms with Crippen LogP contribution >= 0.6 is 11.6 Å². The molecule has 7 nitrogen and oxygen atoms in total. The normalized spacial score (nSPS) is 21.9. The number of anilines is 2. The number of benzene rings is 1. The highest BCUT2D eigenvalue weighted by Crippen LogP contribution is 2.41. The van der Waals surface area contributed by atoms with Crippen molar-refractivity contribution in [2.45, 2.75) is 50.3 Å². The SMILES string of the molecule is Clc1cc(Nc2ncnc3[nH]cc(C4CC5CCC(C4)N5)c23)ccc1OCc1ccccn1. The molecule has 0 saturated carbocycles. The van der Waals surface area contributed by atoms with Crippen LogP contribution in [0.5, 0.6) is 5.75 Å². The fraction of sp³-hybridized carbons (Fsp3) is 0.320. The van der Waals surface area contributed by atoms with Crippen molar-refractivity contribution >= 4 is 34.1 Å². The number of H-pyrrole nitrogens is 1. The maximum atomic E-state index is 6.52. The van der Waals surface area contributed by atoms with Gasteiger partial charge in [-0.15, -0.1) is 0 Å². The number of aromatic nitrogens is 4. The number of halogens is 1. The van der Waals surface area contributed by atoms with Crippen molar-refractivity contribution in [1.29, 1.82) is 0 Å². The Bertz CT molecular complexity index is 1260. The maximum absolute atomic E-state index is 6.52. The van der Waals surface area contributed by atoms with Crippen LogP contribution in [0, 0.1) is 0 Å². The van der Waals surface area contributed by atoms with Gasteiger partial charge in [0.15, 0.2) is 0 Å². The van der Waals surface area contributed by atoms with Crippen molar-refractivity contribution in [3.8, 4) is 5.75 Å². The molecule has 8 heteroatoms. The van der Waals surface area contributed by atoms with Gasteiger partial charge in [0.25, 0.3) is 0 Å². The zero-order valence-corrected chi connectivity index (χ0v) is 18.8. The minimum atomic E-state index is 0.366. The molecule has 0 radical (unpaired) electrons. The first-order chi connectivity index (χ1) is 16.2. The van der Waals surface area contributed by atoms with Gasteiger partial charge >= 0.3 is 0 Å². The summed E-state index contributed by atoms with van der Waals surface area (Å²) >= 11 is 6.52. The van der Waals surface area contributed by atoms with Crippen LogP contribution in [-0.2, 0) is 6.61 Å². The first-order valence-electron chi connectivity index (χ1n) is 11.4. The second kappa shape index (κ2) is 8.65. The molecule has 1 aromatic carbocycles. The number of aromatic amines is 1. The van der Waals surface area contributed by atoms with Gasteiger partial charge in [0.05, 0.1) is 16.1 Å². The van der Waals surface area contributed by atoms with Crippen molar-refractivity contribution in [3.63, 3.8) is 0 Å². The summed E-state index contributed by atoms with van der Waals surface area (Å²) in [5, 5.41) is 8.78. The number of piperidine rings is 1. The zero-order chi connectivity index (χ0) is 22.2. The Morgan fingerprint density at radius 2 is 1.94 bits per heavy atom. The number of pyridine rings is 1. The smallest absolute Gasteiger partial charge is 0.143 e. The molecule has 2 aliphatic rings. The van der Waals surface area contributed by atoms with Crippen LogP contribution in [0.1, 0.15) is 42.9 Å². The molecule has 2 aliphatic heterocycles. The van der Waals surface area contributed by atoms with E-state index >= 15 is 0 Å². The molecule has 5 heterocycles. The lowest BCUT2D eigenvalue weighted by Crippen LogP contribution is -2.37. The molecule has 2 atom stereocenters. The van der Waals surface area contributed by atoms with E-state index < -0.39 is 0 Å². The van der Waals surface area contributed by atoms with E-state index in [1.807, 2.05) is 36.4 Å². The highest BCUT2D eigenvalue weighted by molar-refractivity contribution is 6.32. The van der Waals surface area contributed by atoms with E-state index in [0.717, 1.165) is 41.1 Å². The van der Waals surface area contributed by atoms with Crippen LogP contribution < -0.4 is 15.4 Å². The molecule has 3 N–H and O–H groups in total. The molecule has 168 valence electrons. The number of hydrogen-bond acceptors (Lipinski definition) is 6. The fourth-order valence-corrected chi connectivity index (χ4v) is 5.42. The molecule has 0 spiro atoms. The quantitative estimate of drug-likeness (QED) is 0.360. The lowest BCUT2D eigenvalue weighted by Gasteiger charge is -2.29. The van der Waals surface area contributed by atoms with E-state index in [1.165, 1.54) is 18.4 Å². The highest BCUT2D eigenvalue weighted by Gasteiger charge is 2.35. The van der Waals surface area contributed by atoms with Crippen LogP contribution in [0.3, 0.4) is 0 Å². The largest absolute Gasteiger partial charge is 0.486 e. The summed E-state index contributed by atoms with van der Waals surface area (Å²) in [4.78, 5) is 16.7. The third-order valence-electron chi connectivity index (χ3n) is 6.71. The molecule has 33 heavy (non-hydrogen) atoms. The summed E-state index contributed by atoms with van der Waals surface area (Å²) in [5.41, 5.74) is 3.86. The maximum Gasteiger partial charge on any atom is 0.143 e. The molecule has 0 aliphatic carbocycles. The van der Waals surface area contributed by atoms with Gasteiger partial charge in [0.1, 0.15) is 30.1 Å². The predicted octanol–water partition coefficient (Wildman–Crippen LogP) is 5.33. The Balaban J connectivity index is 1.24. The Hall–Kier alpha value is -3.16. The van der Waals surface area contributed by atoms with Gasteiger partial charge < -0.3 is 20.4 Å². The Morgan fingerprint density at radius 1 is 1.06 bits per heavy atom. The van der Waals surface area contributed by atoms with Gasteiger partial charge in [-0.1, -0.05) is 17.7 Å². The highest BCUT2D eigenvalue weighted by atomic mass is 35.5. The van der Waals surface area contributed by atoms with Crippen LogP contribution in [0.15, 0.2) is 55.1 Å². The first kappa shape index (κ1) is 20.4. The van der Waals surface area contributed by atoms with E-state index in [9.17, 15) is 0 Å². The zero-order valence-electron chi connectivity index (χ0n) is 18.1. The van der Waals surface area contributed by atoms with Gasteiger partial charge in [-0.05, 0) is 67.5 Å². The third kappa shape index (κ3) is 4.14. The minimum Gasteiger partial charge on any atom is -0.486 e. The summed E-state index contributed by atoms with van der Waals surface area (Å²) in [6.07, 6.45) is 10.3. The Kier molecular flexibility index (Phi) is 5.36. The number of fused-ring (bicyclic) bond motifs is 3. The molecule has 4 aromatic rings. The van der Waals surface area contributed by atoms with E-state index in [1.54, 1.807) is 12.5 Å². The monoisotopic (exact) mass is 460 g/mol. The van der Waals surface area contributed by atoms with Crippen LogP contribution in [0.25, 0.3) is 11.0 Å². The average molecular weight is 461 g/mol. The summed E-state index contributed by atoms with van der Waals surface area (Å²) < 4.78 is 5.85. The summed E-state index contributed by atoms with van der Waals surface area (Å²) in [7, 11) is 0. The molecule has 2 fully saturated rings. The molecule has 6 rings (SSSR count). The average Bonchev–Trinajstić information content (AvgIpc) is 3.42. The Labute approximate surface area is 197 Å². The topological polar surface area (TPSA) is 87.8 Å². The molecular weight excluding hydrogens is 436 g/mol. The lowest BCUT2D eigenvalue weighted by molar-refractivity contribution is 0.301. The van der Waals surface area contributed by atoms with Crippen molar-refractivity contribution in [3.05, 3.63) is 71.4 Å². The van der Waals surface area contributed by atoms with Gasteiger partial charge in [-0.3, -0.25) is 4.98 Å². The Morgan fingerprint density at radius 3 is 2.73 bits per heavy atom. The fourth-order valence-electron chi connectivity index (χ4n) is 5.18. The van der Waals surface area contributed by atoms with Crippen LogP contribution in [-0.4, -0.2) is 32.0 Å². The van der Waals surface area contributed by atoms with Crippen molar-refractivity contribution < 1.29 is 4.74 Å². The van der Waals surface area contributed by atoms with Crippen molar-refractivity contribution in [1.82, 2.24) is 25.3 Å². The number of nitrogens with one attached hydrogen (secondary N) is 3. The summed E-state index contributed by atoms with van der Waals surface area (Å²) in [6.45, 7) is 0.366. The molecule has 0 amide bonds. The summed E-state index contributed by atoms with van der Waals surface area (Å²) in [5.74, 6) is 1.92. The minimum absolute atomic E-state index is 0.366. The van der Waals surface area contributed by atoms with Gasteiger partial charge in [0.2, 0.25) is 0 Å².